The van der Waals surface area contributed by atoms with E-state index in [2.05, 4.69) is 10.3 Å². The van der Waals surface area contributed by atoms with E-state index in [0.717, 1.165) is 41.4 Å². The summed E-state index contributed by atoms with van der Waals surface area (Å²) in [6.45, 7) is 2.32. The lowest BCUT2D eigenvalue weighted by molar-refractivity contribution is -0.147. The van der Waals surface area contributed by atoms with Crippen LogP contribution in [0.3, 0.4) is 0 Å². The molecular formula is C24H23F3N2O3. The number of aromatic nitrogens is 1. The molecule has 5 nitrogen and oxygen atoms in total. The predicted molar refractivity (Wildman–Crippen MR) is 114 cm³/mol. The van der Waals surface area contributed by atoms with Crippen LogP contribution in [0.5, 0.6) is 5.75 Å². The number of benzene rings is 2. The van der Waals surface area contributed by atoms with Gasteiger partial charge in [-0.1, -0.05) is 12.1 Å². The first kappa shape index (κ1) is 20.9. The van der Waals surface area contributed by atoms with E-state index in [4.69, 9.17) is 9.47 Å². The number of ether oxygens (including phenoxy) is 2. The van der Waals surface area contributed by atoms with Crippen LogP contribution in [0.1, 0.15) is 36.8 Å². The van der Waals surface area contributed by atoms with Gasteiger partial charge in [0.1, 0.15) is 5.75 Å². The van der Waals surface area contributed by atoms with Crippen molar-refractivity contribution >= 4 is 22.5 Å². The molecule has 0 unspecified atom stereocenters. The molecule has 1 amide bonds. The third-order valence-electron chi connectivity index (χ3n) is 6.46. The number of alkyl halides is 3. The number of hydrogen-bond acceptors (Lipinski definition) is 3. The molecule has 2 N–H and O–H groups in total. The molecule has 2 aliphatic rings. The Morgan fingerprint density at radius 2 is 1.91 bits per heavy atom. The second kappa shape index (κ2) is 7.85. The lowest BCUT2D eigenvalue weighted by Crippen LogP contribution is -2.45. The van der Waals surface area contributed by atoms with Crippen LogP contribution in [0.4, 0.5) is 18.9 Å². The van der Waals surface area contributed by atoms with Gasteiger partial charge in [0, 0.05) is 17.1 Å². The highest BCUT2D eigenvalue weighted by Crippen LogP contribution is 2.41. The number of aromatic amines is 1. The Kier molecular flexibility index (Phi) is 5.12. The summed E-state index contributed by atoms with van der Waals surface area (Å²) in [5.41, 5.74) is 1.86. The fourth-order valence-corrected chi connectivity index (χ4v) is 4.25. The zero-order valence-corrected chi connectivity index (χ0v) is 17.4. The normalized spacial score (nSPS) is 25.1. The van der Waals surface area contributed by atoms with Gasteiger partial charge in [-0.25, -0.2) is 0 Å². The summed E-state index contributed by atoms with van der Waals surface area (Å²) >= 11 is 0. The molecule has 0 bridgehead atoms. The second-order valence-corrected chi connectivity index (χ2v) is 8.57. The monoisotopic (exact) mass is 444 g/mol. The maximum absolute atomic E-state index is 12.7. The Morgan fingerprint density at radius 3 is 2.53 bits per heavy atom. The van der Waals surface area contributed by atoms with Crippen LogP contribution in [0, 0.1) is 5.92 Å². The molecule has 0 radical (unpaired) electrons. The minimum atomic E-state index is -4.32. The molecule has 1 aliphatic carbocycles. The van der Waals surface area contributed by atoms with Crippen molar-refractivity contribution in [3.05, 3.63) is 59.8 Å². The largest absolute Gasteiger partial charge is 0.490 e. The van der Waals surface area contributed by atoms with E-state index in [-0.39, 0.29) is 30.0 Å². The van der Waals surface area contributed by atoms with Crippen LogP contribution in [0.25, 0.3) is 10.9 Å². The summed E-state index contributed by atoms with van der Waals surface area (Å²) in [5, 5.41) is 3.83. The smallest absolute Gasteiger partial charge is 0.416 e. The standard InChI is InChI=1S/C24H23F3N2O3/c1-13-20(12-31-13)23(30)29-22-11-28-21-7-6-17(10-19(21)22)32-18-8-15(9-18)14-2-4-16(5-3-14)24(25,26)27/h2-7,10-11,13,15,18,20,28H,8-9,12H2,1H3,(H,29,30)/t13-,15?,18?,20-/m1/s1. The maximum Gasteiger partial charge on any atom is 0.416 e. The van der Waals surface area contributed by atoms with Gasteiger partial charge >= 0.3 is 6.18 Å². The number of rotatable bonds is 5. The average Bonchev–Trinajstić information content (AvgIpc) is 3.10. The average molecular weight is 444 g/mol. The van der Waals surface area contributed by atoms with Crippen molar-refractivity contribution in [2.24, 2.45) is 5.92 Å². The lowest BCUT2D eigenvalue weighted by Gasteiger charge is -2.36. The number of H-pyrrole nitrogens is 1. The van der Waals surface area contributed by atoms with Crippen LogP contribution in [0.15, 0.2) is 48.7 Å². The first-order valence-electron chi connectivity index (χ1n) is 10.7. The lowest BCUT2D eigenvalue weighted by atomic mass is 9.77. The van der Waals surface area contributed by atoms with Crippen LogP contribution < -0.4 is 10.1 Å². The van der Waals surface area contributed by atoms with Crippen molar-refractivity contribution in [2.45, 2.75) is 44.1 Å². The summed E-state index contributed by atoms with van der Waals surface area (Å²) in [6, 6.07) is 11.1. The number of anilines is 1. The number of hydrogen-bond donors (Lipinski definition) is 2. The molecule has 3 aromatic rings. The Balaban J connectivity index is 1.21. The first-order valence-corrected chi connectivity index (χ1v) is 10.7. The molecule has 1 aliphatic heterocycles. The van der Waals surface area contributed by atoms with Gasteiger partial charge in [-0.2, -0.15) is 13.2 Å². The minimum Gasteiger partial charge on any atom is -0.490 e. The van der Waals surface area contributed by atoms with E-state index in [1.165, 1.54) is 0 Å². The topological polar surface area (TPSA) is 63.3 Å². The molecule has 1 saturated heterocycles. The SMILES string of the molecule is C[C@H]1OC[C@H]1C(=O)Nc1c[nH]c2ccc(OC3CC(c4ccc(C(F)(F)F)cc4)C3)cc12. The Hall–Kier alpha value is -3.00. The van der Waals surface area contributed by atoms with Crippen molar-refractivity contribution < 1.29 is 27.4 Å². The third kappa shape index (κ3) is 3.95. The molecule has 8 heteroatoms. The van der Waals surface area contributed by atoms with E-state index in [1.54, 1.807) is 18.3 Å². The molecule has 5 rings (SSSR count). The fourth-order valence-electron chi connectivity index (χ4n) is 4.25. The number of fused-ring (bicyclic) bond motifs is 1. The zero-order valence-electron chi connectivity index (χ0n) is 17.4. The maximum atomic E-state index is 12.7. The third-order valence-corrected chi connectivity index (χ3v) is 6.46. The van der Waals surface area contributed by atoms with Gasteiger partial charge in [-0.15, -0.1) is 0 Å². The first-order chi connectivity index (χ1) is 15.3. The van der Waals surface area contributed by atoms with Gasteiger partial charge in [-0.05, 0) is 61.6 Å². The molecule has 0 spiro atoms. The molecule has 2 fully saturated rings. The summed E-state index contributed by atoms with van der Waals surface area (Å²) in [5.74, 6) is 0.689. The second-order valence-electron chi connectivity index (χ2n) is 8.57. The van der Waals surface area contributed by atoms with Gasteiger partial charge in [0.05, 0.1) is 36.0 Å². The van der Waals surface area contributed by atoms with E-state index in [9.17, 15) is 18.0 Å². The Bertz CT molecular complexity index is 1130. The number of amides is 1. The van der Waals surface area contributed by atoms with E-state index in [1.807, 2.05) is 25.1 Å². The predicted octanol–water partition coefficient (Wildman–Crippen LogP) is 5.49. The molecular weight excluding hydrogens is 421 g/mol. The Morgan fingerprint density at radius 1 is 1.16 bits per heavy atom. The van der Waals surface area contributed by atoms with Gasteiger partial charge in [0.15, 0.2) is 0 Å². The van der Waals surface area contributed by atoms with E-state index in [0.29, 0.717) is 18.0 Å². The van der Waals surface area contributed by atoms with Gasteiger partial charge < -0.3 is 19.8 Å². The van der Waals surface area contributed by atoms with Crippen molar-refractivity contribution in [2.75, 3.05) is 11.9 Å². The fraction of sp³-hybridized carbons (Fsp3) is 0.375. The highest BCUT2D eigenvalue weighted by Gasteiger charge is 2.35. The number of carbonyl (C=O) groups is 1. The zero-order chi connectivity index (χ0) is 22.5. The molecule has 2 heterocycles. The van der Waals surface area contributed by atoms with Gasteiger partial charge in [-0.3, -0.25) is 4.79 Å². The number of carbonyl (C=O) groups excluding carboxylic acids is 1. The number of nitrogens with one attached hydrogen (secondary N) is 2. The quantitative estimate of drug-likeness (QED) is 0.547. The van der Waals surface area contributed by atoms with Crippen molar-refractivity contribution in [3.63, 3.8) is 0 Å². The van der Waals surface area contributed by atoms with Crippen LogP contribution in [-0.4, -0.2) is 29.7 Å². The molecule has 32 heavy (non-hydrogen) atoms. The highest BCUT2D eigenvalue weighted by molar-refractivity contribution is 6.03. The molecule has 2 atom stereocenters. The summed E-state index contributed by atoms with van der Waals surface area (Å²) < 4.78 is 49.6. The molecule has 1 aromatic heterocycles. The minimum absolute atomic E-state index is 0.00435. The molecule has 2 aromatic carbocycles. The summed E-state index contributed by atoms with van der Waals surface area (Å²) in [4.78, 5) is 15.6. The Labute approximate surface area is 182 Å². The van der Waals surface area contributed by atoms with Crippen molar-refractivity contribution in [1.82, 2.24) is 4.98 Å². The van der Waals surface area contributed by atoms with Crippen molar-refractivity contribution in [3.8, 4) is 5.75 Å². The van der Waals surface area contributed by atoms with Gasteiger partial charge in [0.25, 0.3) is 0 Å². The highest BCUT2D eigenvalue weighted by atomic mass is 19.4. The van der Waals surface area contributed by atoms with Gasteiger partial charge in [0.2, 0.25) is 5.91 Å². The van der Waals surface area contributed by atoms with E-state index >= 15 is 0 Å². The summed E-state index contributed by atoms with van der Waals surface area (Å²) in [7, 11) is 0. The van der Waals surface area contributed by atoms with Crippen LogP contribution in [0.2, 0.25) is 0 Å². The summed E-state index contributed by atoms with van der Waals surface area (Å²) in [6.07, 6.45) is -1.12. The molecule has 1 saturated carbocycles. The molecule has 168 valence electrons. The number of halogens is 3. The van der Waals surface area contributed by atoms with Crippen LogP contribution in [-0.2, 0) is 15.7 Å². The van der Waals surface area contributed by atoms with Crippen molar-refractivity contribution in [1.29, 1.82) is 0 Å². The van der Waals surface area contributed by atoms with E-state index < -0.39 is 11.7 Å². The van der Waals surface area contributed by atoms with Crippen LogP contribution >= 0.6 is 0 Å².